The number of rotatable bonds is 0. The summed E-state index contributed by atoms with van der Waals surface area (Å²) in [5, 5.41) is 0. The molecule has 0 amide bonds. The van der Waals surface area contributed by atoms with Crippen LogP contribution in [0.5, 0.6) is 0 Å². The summed E-state index contributed by atoms with van der Waals surface area (Å²) in [6.45, 7) is 0. The fraction of sp³-hybridized carbons (Fsp3) is 0.667. The van der Waals surface area contributed by atoms with Gasteiger partial charge in [-0.25, -0.2) is 0 Å². The van der Waals surface area contributed by atoms with E-state index in [-0.39, 0.29) is 0 Å². The van der Waals surface area contributed by atoms with Gasteiger partial charge in [0.25, 0.3) is 0 Å². The van der Waals surface area contributed by atoms with Gasteiger partial charge < -0.3 is 0 Å². The van der Waals surface area contributed by atoms with Crippen LogP contribution in [0.1, 0.15) is 38.5 Å². The van der Waals surface area contributed by atoms with Crippen molar-refractivity contribution >= 4 is 0 Å². The molecule has 0 fully saturated rings. The second kappa shape index (κ2) is 3.93. The highest BCUT2D eigenvalue weighted by Gasteiger charge is 2.21. The van der Waals surface area contributed by atoms with Crippen LogP contribution in [0.3, 0.4) is 0 Å². The third-order valence-corrected chi connectivity index (χ3v) is 3.29. The summed E-state index contributed by atoms with van der Waals surface area (Å²) in [7, 11) is 0. The van der Waals surface area contributed by atoms with Gasteiger partial charge in [0, 0.05) is 0 Å². The second-order valence-corrected chi connectivity index (χ2v) is 4.09. The van der Waals surface area contributed by atoms with Crippen molar-refractivity contribution in [3.05, 3.63) is 24.3 Å². The first-order valence-electron chi connectivity index (χ1n) is 5.27. The van der Waals surface area contributed by atoms with E-state index < -0.39 is 0 Å². The predicted molar refractivity (Wildman–Crippen MR) is 53.0 cm³/mol. The van der Waals surface area contributed by atoms with E-state index in [4.69, 9.17) is 0 Å². The quantitative estimate of drug-likeness (QED) is 0.476. The molecule has 2 unspecified atom stereocenters. The Hall–Kier alpha value is -0.520. The summed E-state index contributed by atoms with van der Waals surface area (Å²) in [5.74, 6) is 2.00. The summed E-state index contributed by atoms with van der Waals surface area (Å²) in [5.41, 5.74) is 0. The molecule has 2 aliphatic carbocycles. The van der Waals surface area contributed by atoms with Gasteiger partial charge in [-0.1, -0.05) is 24.3 Å². The Morgan fingerprint density at radius 2 is 1.17 bits per heavy atom. The van der Waals surface area contributed by atoms with E-state index in [1.165, 1.54) is 38.5 Å². The van der Waals surface area contributed by atoms with Crippen molar-refractivity contribution in [2.24, 2.45) is 11.8 Å². The molecule has 0 saturated carbocycles. The largest absolute Gasteiger partial charge is 0.0885 e. The minimum absolute atomic E-state index is 1.000. The predicted octanol–water partition coefficient (Wildman–Crippen LogP) is 3.70. The van der Waals surface area contributed by atoms with Gasteiger partial charge in [-0.05, 0) is 50.4 Å². The van der Waals surface area contributed by atoms with Gasteiger partial charge in [0.1, 0.15) is 0 Å². The minimum Gasteiger partial charge on any atom is -0.0885 e. The third-order valence-electron chi connectivity index (χ3n) is 3.29. The van der Waals surface area contributed by atoms with E-state index in [0.29, 0.717) is 0 Å². The Labute approximate surface area is 75.4 Å². The van der Waals surface area contributed by atoms with Crippen LogP contribution in [0.4, 0.5) is 0 Å². The second-order valence-electron chi connectivity index (χ2n) is 4.09. The SMILES string of the molecule is C1=CCC2CC/C=C\CCC2C1. The Kier molecular flexibility index (Phi) is 2.65. The van der Waals surface area contributed by atoms with Crippen LogP contribution < -0.4 is 0 Å². The molecule has 0 aromatic heterocycles. The van der Waals surface area contributed by atoms with Gasteiger partial charge in [0.2, 0.25) is 0 Å². The monoisotopic (exact) mass is 162 g/mol. The van der Waals surface area contributed by atoms with Gasteiger partial charge in [-0.2, -0.15) is 0 Å². The normalized spacial score (nSPS) is 38.0. The molecular formula is C12H18. The van der Waals surface area contributed by atoms with Crippen LogP contribution in [0, 0.1) is 11.8 Å². The third kappa shape index (κ3) is 1.80. The van der Waals surface area contributed by atoms with E-state index in [2.05, 4.69) is 24.3 Å². The lowest BCUT2D eigenvalue weighted by atomic mass is 9.77. The Bertz CT molecular complexity index is 166. The van der Waals surface area contributed by atoms with Gasteiger partial charge >= 0.3 is 0 Å². The van der Waals surface area contributed by atoms with Gasteiger partial charge in [0.15, 0.2) is 0 Å². The molecule has 0 heteroatoms. The summed E-state index contributed by atoms with van der Waals surface area (Å²) in [4.78, 5) is 0. The molecule has 0 spiro atoms. The Morgan fingerprint density at radius 3 is 1.67 bits per heavy atom. The topological polar surface area (TPSA) is 0 Å². The molecule has 66 valence electrons. The highest BCUT2D eigenvalue weighted by atomic mass is 14.3. The van der Waals surface area contributed by atoms with Crippen molar-refractivity contribution < 1.29 is 0 Å². The lowest BCUT2D eigenvalue weighted by Gasteiger charge is -2.29. The summed E-state index contributed by atoms with van der Waals surface area (Å²) >= 11 is 0. The molecule has 0 aromatic rings. The van der Waals surface area contributed by atoms with Crippen molar-refractivity contribution in [2.45, 2.75) is 38.5 Å². The fourth-order valence-electron chi connectivity index (χ4n) is 2.49. The molecule has 0 bridgehead atoms. The van der Waals surface area contributed by atoms with Crippen molar-refractivity contribution in [3.8, 4) is 0 Å². The molecule has 0 nitrogen and oxygen atoms in total. The smallest absolute Gasteiger partial charge is 0.0319 e. The highest BCUT2D eigenvalue weighted by Crippen LogP contribution is 2.33. The lowest BCUT2D eigenvalue weighted by Crippen LogP contribution is -2.17. The number of fused-ring (bicyclic) bond motifs is 1. The van der Waals surface area contributed by atoms with Crippen molar-refractivity contribution in [2.75, 3.05) is 0 Å². The van der Waals surface area contributed by atoms with Gasteiger partial charge in [0.05, 0.1) is 0 Å². The van der Waals surface area contributed by atoms with E-state index in [0.717, 1.165) is 11.8 Å². The van der Waals surface area contributed by atoms with E-state index in [1.54, 1.807) is 0 Å². The van der Waals surface area contributed by atoms with E-state index in [1.807, 2.05) is 0 Å². The lowest BCUT2D eigenvalue weighted by molar-refractivity contribution is 0.286. The average Bonchev–Trinajstić information content (AvgIpc) is 2.06. The zero-order valence-corrected chi connectivity index (χ0v) is 7.71. The van der Waals surface area contributed by atoms with Crippen LogP contribution >= 0.6 is 0 Å². The Balaban J connectivity index is 2.01. The highest BCUT2D eigenvalue weighted by molar-refractivity contribution is 4.97. The standard InChI is InChI=1S/C12H18/c1-2-4-8-12-10-6-5-9-11(12)7-3-1/h1-2,5-6,11-12H,3-4,7-10H2/b2-1-. The molecule has 0 aliphatic heterocycles. The molecule has 2 atom stereocenters. The van der Waals surface area contributed by atoms with Crippen LogP contribution in [0.25, 0.3) is 0 Å². The fourth-order valence-corrected chi connectivity index (χ4v) is 2.49. The number of allylic oxidation sites excluding steroid dienone is 4. The van der Waals surface area contributed by atoms with Gasteiger partial charge in [-0.3, -0.25) is 0 Å². The zero-order valence-electron chi connectivity index (χ0n) is 7.71. The van der Waals surface area contributed by atoms with Crippen LogP contribution in [-0.4, -0.2) is 0 Å². The van der Waals surface area contributed by atoms with Crippen molar-refractivity contribution in [1.29, 1.82) is 0 Å². The van der Waals surface area contributed by atoms with E-state index >= 15 is 0 Å². The molecule has 0 radical (unpaired) electrons. The first-order chi connectivity index (χ1) is 5.97. The van der Waals surface area contributed by atoms with Gasteiger partial charge in [-0.15, -0.1) is 0 Å². The molecule has 0 heterocycles. The molecule has 2 aliphatic rings. The summed E-state index contributed by atoms with van der Waals surface area (Å²) < 4.78 is 0. The maximum Gasteiger partial charge on any atom is -0.0319 e. The van der Waals surface area contributed by atoms with Crippen LogP contribution in [-0.2, 0) is 0 Å². The first kappa shape index (κ1) is 8.10. The Morgan fingerprint density at radius 1 is 0.667 bits per heavy atom. The molecule has 0 saturated heterocycles. The maximum absolute atomic E-state index is 2.38. The maximum atomic E-state index is 2.38. The molecule has 12 heavy (non-hydrogen) atoms. The molecule has 2 rings (SSSR count). The summed E-state index contributed by atoms with van der Waals surface area (Å²) in [6, 6.07) is 0. The van der Waals surface area contributed by atoms with Crippen LogP contribution in [0.15, 0.2) is 24.3 Å². The number of hydrogen-bond acceptors (Lipinski definition) is 0. The van der Waals surface area contributed by atoms with Crippen LogP contribution in [0.2, 0.25) is 0 Å². The average molecular weight is 162 g/mol. The first-order valence-corrected chi connectivity index (χ1v) is 5.27. The molecule has 0 N–H and O–H groups in total. The molecular weight excluding hydrogens is 144 g/mol. The zero-order chi connectivity index (χ0) is 8.23. The minimum atomic E-state index is 1.000. The summed E-state index contributed by atoms with van der Waals surface area (Å²) in [6.07, 6.45) is 17.7. The molecule has 0 aromatic carbocycles. The van der Waals surface area contributed by atoms with E-state index in [9.17, 15) is 0 Å². The van der Waals surface area contributed by atoms with Crippen molar-refractivity contribution in [1.82, 2.24) is 0 Å². The number of hydrogen-bond donors (Lipinski definition) is 0. The van der Waals surface area contributed by atoms with Crippen molar-refractivity contribution in [3.63, 3.8) is 0 Å².